The Morgan fingerprint density at radius 1 is 1.16 bits per heavy atom. The van der Waals surface area contributed by atoms with E-state index in [4.69, 9.17) is 4.42 Å². The number of fused-ring (bicyclic) bond motifs is 1. The maximum atomic E-state index is 13.4. The Kier molecular flexibility index (Phi) is 6.09. The molecule has 8 nitrogen and oxygen atoms in total. The van der Waals surface area contributed by atoms with Gasteiger partial charge in [-0.05, 0) is 43.2 Å². The van der Waals surface area contributed by atoms with Gasteiger partial charge in [0.1, 0.15) is 0 Å². The highest BCUT2D eigenvalue weighted by molar-refractivity contribution is 7.99. The molecule has 0 spiro atoms. The van der Waals surface area contributed by atoms with E-state index in [-0.39, 0.29) is 29.2 Å². The van der Waals surface area contributed by atoms with Crippen LogP contribution in [0.25, 0.3) is 16.6 Å². The summed E-state index contributed by atoms with van der Waals surface area (Å²) in [7, 11) is 0. The molecular formula is C23H23N5O3S. The molecule has 0 atom stereocenters. The first kappa shape index (κ1) is 21.8. The Balaban J connectivity index is 1.67. The first-order chi connectivity index (χ1) is 15.3. The van der Waals surface area contributed by atoms with Gasteiger partial charge in [-0.1, -0.05) is 55.0 Å². The third kappa shape index (κ3) is 4.43. The Bertz CT molecular complexity index is 1360. The van der Waals surface area contributed by atoms with E-state index in [2.05, 4.69) is 20.5 Å². The van der Waals surface area contributed by atoms with Crippen LogP contribution in [-0.2, 0) is 4.79 Å². The maximum absolute atomic E-state index is 13.4. The highest BCUT2D eigenvalue weighted by Gasteiger charge is 2.17. The van der Waals surface area contributed by atoms with Gasteiger partial charge in [0.2, 0.25) is 11.8 Å². The second-order valence-corrected chi connectivity index (χ2v) is 8.72. The Hall–Kier alpha value is -3.46. The van der Waals surface area contributed by atoms with Crippen LogP contribution in [0.4, 0.5) is 6.01 Å². The van der Waals surface area contributed by atoms with E-state index < -0.39 is 0 Å². The van der Waals surface area contributed by atoms with Gasteiger partial charge in [0, 0.05) is 5.92 Å². The lowest BCUT2D eigenvalue weighted by molar-refractivity contribution is -0.113. The predicted molar refractivity (Wildman–Crippen MR) is 125 cm³/mol. The number of aromatic nitrogens is 4. The number of hydrogen-bond acceptors (Lipinski definition) is 7. The van der Waals surface area contributed by atoms with Crippen molar-refractivity contribution in [1.29, 1.82) is 0 Å². The van der Waals surface area contributed by atoms with E-state index in [0.29, 0.717) is 22.0 Å². The van der Waals surface area contributed by atoms with Crippen molar-refractivity contribution in [2.75, 3.05) is 11.1 Å². The van der Waals surface area contributed by atoms with Crippen LogP contribution in [-0.4, -0.2) is 31.4 Å². The number of nitrogens with zero attached hydrogens (tertiary/aromatic N) is 4. The van der Waals surface area contributed by atoms with Crippen molar-refractivity contribution in [3.63, 3.8) is 0 Å². The number of nitrogens with one attached hydrogen (secondary N) is 1. The van der Waals surface area contributed by atoms with Crippen molar-refractivity contribution >= 4 is 34.6 Å². The fourth-order valence-electron chi connectivity index (χ4n) is 3.19. The van der Waals surface area contributed by atoms with Crippen molar-refractivity contribution in [2.24, 2.45) is 0 Å². The smallest absolute Gasteiger partial charge is 0.322 e. The zero-order valence-electron chi connectivity index (χ0n) is 18.2. The van der Waals surface area contributed by atoms with Crippen molar-refractivity contribution < 1.29 is 9.21 Å². The van der Waals surface area contributed by atoms with E-state index in [9.17, 15) is 9.59 Å². The van der Waals surface area contributed by atoms with Crippen molar-refractivity contribution in [3.05, 3.63) is 69.8 Å². The predicted octanol–water partition coefficient (Wildman–Crippen LogP) is 4.24. The zero-order chi connectivity index (χ0) is 22.8. The summed E-state index contributed by atoms with van der Waals surface area (Å²) in [6.07, 6.45) is 0. The molecule has 1 N–H and O–H groups in total. The average Bonchev–Trinajstić information content (AvgIpc) is 3.23. The van der Waals surface area contributed by atoms with Crippen LogP contribution >= 0.6 is 11.8 Å². The Labute approximate surface area is 189 Å². The van der Waals surface area contributed by atoms with Gasteiger partial charge in [0.05, 0.1) is 22.3 Å². The number of carbonyl (C=O) groups excluding carboxylic acids is 1. The Morgan fingerprint density at radius 3 is 2.69 bits per heavy atom. The average molecular weight is 450 g/mol. The highest BCUT2D eigenvalue weighted by atomic mass is 32.2. The van der Waals surface area contributed by atoms with Crippen LogP contribution in [0.15, 0.2) is 56.8 Å². The minimum atomic E-state index is -0.330. The molecule has 0 aliphatic rings. The van der Waals surface area contributed by atoms with Gasteiger partial charge in [-0.3, -0.25) is 19.5 Å². The van der Waals surface area contributed by atoms with Gasteiger partial charge in [-0.25, -0.2) is 4.98 Å². The van der Waals surface area contributed by atoms with Gasteiger partial charge in [0.25, 0.3) is 5.56 Å². The van der Waals surface area contributed by atoms with Crippen LogP contribution in [0.3, 0.4) is 0 Å². The number of hydrogen-bond donors (Lipinski definition) is 1. The quantitative estimate of drug-likeness (QED) is 0.347. The van der Waals surface area contributed by atoms with Crippen molar-refractivity contribution in [3.8, 4) is 5.69 Å². The third-order valence-electron chi connectivity index (χ3n) is 4.86. The second-order valence-electron chi connectivity index (χ2n) is 7.78. The molecule has 0 unspecified atom stereocenters. The maximum Gasteiger partial charge on any atom is 0.322 e. The van der Waals surface area contributed by atoms with Crippen molar-refractivity contribution in [1.82, 2.24) is 19.7 Å². The van der Waals surface area contributed by atoms with Gasteiger partial charge < -0.3 is 4.42 Å². The molecule has 0 radical (unpaired) electrons. The molecule has 2 aromatic heterocycles. The lowest BCUT2D eigenvalue weighted by Crippen LogP contribution is -2.23. The fraction of sp³-hybridized carbons (Fsp3) is 0.261. The standard InChI is InChI=1S/C23H23N5O3S/c1-13(2)20-26-27-22(31-20)25-19(29)12-32-23-24-17-8-6-5-7-16(17)21(30)28(23)18-11-14(3)9-10-15(18)4/h5-11,13H,12H2,1-4H3,(H,25,27,29). The lowest BCUT2D eigenvalue weighted by atomic mass is 10.1. The van der Waals surface area contributed by atoms with Crippen molar-refractivity contribution in [2.45, 2.75) is 38.8 Å². The second kappa shape index (κ2) is 8.96. The molecule has 2 aromatic carbocycles. The number of rotatable bonds is 6. The molecule has 164 valence electrons. The molecule has 9 heteroatoms. The summed E-state index contributed by atoms with van der Waals surface area (Å²) in [5.74, 6) is 0.211. The molecule has 1 amide bonds. The minimum Gasteiger partial charge on any atom is -0.408 e. The number of anilines is 1. The summed E-state index contributed by atoms with van der Waals surface area (Å²) in [6.45, 7) is 7.76. The van der Waals surface area contributed by atoms with Gasteiger partial charge in [-0.2, -0.15) is 0 Å². The normalized spacial score (nSPS) is 11.3. The summed E-state index contributed by atoms with van der Waals surface area (Å²) in [5.41, 5.74) is 3.12. The number of benzene rings is 2. The highest BCUT2D eigenvalue weighted by Crippen LogP contribution is 2.24. The third-order valence-corrected chi connectivity index (χ3v) is 5.80. The summed E-state index contributed by atoms with van der Waals surface area (Å²) in [6, 6.07) is 13.2. The summed E-state index contributed by atoms with van der Waals surface area (Å²) in [5, 5.41) is 11.3. The summed E-state index contributed by atoms with van der Waals surface area (Å²) in [4.78, 5) is 30.6. The molecule has 4 aromatic rings. The van der Waals surface area contributed by atoms with E-state index in [1.54, 1.807) is 16.7 Å². The van der Waals surface area contributed by atoms with E-state index >= 15 is 0 Å². The summed E-state index contributed by atoms with van der Waals surface area (Å²) < 4.78 is 7.01. The number of carbonyl (C=O) groups is 1. The molecule has 0 saturated heterocycles. The van der Waals surface area contributed by atoms with E-state index in [0.717, 1.165) is 16.8 Å². The first-order valence-electron chi connectivity index (χ1n) is 10.2. The topological polar surface area (TPSA) is 103 Å². The lowest BCUT2D eigenvalue weighted by Gasteiger charge is -2.15. The first-order valence-corrected chi connectivity index (χ1v) is 11.2. The van der Waals surface area contributed by atoms with E-state index in [1.807, 2.05) is 58.0 Å². The van der Waals surface area contributed by atoms with Gasteiger partial charge in [-0.15, -0.1) is 5.10 Å². The monoisotopic (exact) mass is 449 g/mol. The SMILES string of the molecule is Cc1ccc(C)c(-n2c(SCC(=O)Nc3nnc(C(C)C)o3)nc3ccccc3c2=O)c1. The molecule has 0 bridgehead atoms. The van der Waals surface area contributed by atoms with Gasteiger partial charge in [0.15, 0.2) is 5.16 Å². The van der Waals surface area contributed by atoms with Gasteiger partial charge >= 0.3 is 6.01 Å². The van der Waals surface area contributed by atoms with Crippen LogP contribution in [0.5, 0.6) is 0 Å². The van der Waals surface area contributed by atoms with Crippen LogP contribution in [0, 0.1) is 13.8 Å². The molecular weight excluding hydrogens is 426 g/mol. The summed E-state index contributed by atoms with van der Waals surface area (Å²) >= 11 is 1.18. The zero-order valence-corrected chi connectivity index (χ0v) is 19.1. The van der Waals surface area contributed by atoms with Crippen LogP contribution in [0.2, 0.25) is 0 Å². The fourth-order valence-corrected chi connectivity index (χ4v) is 3.99. The van der Waals surface area contributed by atoms with Crippen LogP contribution in [0.1, 0.15) is 36.8 Å². The molecule has 4 rings (SSSR count). The molecule has 0 aliphatic carbocycles. The number of amides is 1. The minimum absolute atomic E-state index is 0.0229. The molecule has 0 aliphatic heterocycles. The molecule has 0 saturated carbocycles. The largest absolute Gasteiger partial charge is 0.408 e. The van der Waals surface area contributed by atoms with E-state index in [1.165, 1.54) is 11.8 Å². The number of thioether (sulfide) groups is 1. The molecule has 2 heterocycles. The molecule has 0 fully saturated rings. The number of para-hydroxylation sites is 1. The number of aryl methyl sites for hydroxylation is 2. The Morgan fingerprint density at radius 2 is 1.94 bits per heavy atom. The van der Waals surface area contributed by atoms with Crippen LogP contribution < -0.4 is 10.9 Å². The molecule has 32 heavy (non-hydrogen) atoms.